The highest BCUT2D eigenvalue weighted by Gasteiger charge is 2.32. The molecule has 0 spiro atoms. The van der Waals surface area contributed by atoms with Gasteiger partial charge in [-0.2, -0.15) is 5.01 Å². The maximum absolute atomic E-state index is 11.8. The van der Waals surface area contributed by atoms with E-state index in [1.54, 1.807) is 38.9 Å². The van der Waals surface area contributed by atoms with Crippen molar-refractivity contribution in [3.63, 3.8) is 0 Å². The first-order valence-electron chi connectivity index (χ1n) is 7.29. The highest BCUT2D eigenvalue weighted by molar-refractivity contribution is 8.77. The van der Waals surface area contributed by atoms with Crippen molar-refractivity contribution in [1.29, 1.82) is 0 Å². The SMILES string of the molecule is O=C(O)CCCCCSSC1C=CC=CN1N1C(=O)C=CC1=O. The Morgan fingerprint density at radius 1 is 1.13 bits per heavy atom. The minimum atomic E-state index is -0.754. The fourth-order valence-electron chi connectivity index (χ4n) is 2.08. The Labute approximate surface area is 142 Å². The van der Waals surface area contributed by atoms with Crippen LogP contribution in [0.3, 0.4) is 0 Å². The Morgan fingerprint density at radius 3 is 2.57 bits per heavy atom. The molecule has 2 amide bonds. The lowest BCUT2D eigenvalue weighted by Gasteiger charge is -2.34. The third-order valence-electron chi connectivity index (χ3n) is 3.19. The van der Waals surface area contributed by atoms with Gasteiger partial charge in [0.2, 0.25) is 0 Å². The van der Waals surface area contributed by atoms with E-state index >= 15 is 0 Å². The molecule has 0 fully saturated rings. The van der Waals surface area contributed by atoms with Crippen LogP contribution in [0, 0.1) is 0 Å². The van der Waals surface area contributed by atoms with Gasteiger partial charge in [-0.05, 0) is 25.0 Å². The number of hydrogen-bond acceptors (Lipinski definition) is 6. The highest BCUT2D eigenvalue weighted by Crippen LogP contribution is 2.34. The van der Waals surface area contributed by atoms with E-state index in [4.69, 9.17) is 5.11 Å². The van der Waals surface area contributed by atoms with Crippen LogP contribution in [0.1, 0.15) is 25.7 Å². The number of carboxylic acids is 1. The summed E-state index contributed by atoms with van der Waals surface area (Å²) in [4.78, 5) is 34.0. The largest absolute Gasteiger partial charge is 0.481 e. The number of carbonyl (C=O) groups is 3. The van der Waals surface area contributed by atoms with E-state index in [0.717, 1.165) is 23.6 Å². The number of carbonyl (C=O) groups excluding carboxylic acids is 2. The molecule has 0 saturated carbocycles. The number of unbranched alkanes of at least 4 members (excludes halogenated alkanes) is 2. The van der Waals surface area contributed by atoms with Crippen LogP contribution in [0.4, 0.5) is 0 Å². The van der Waals surface area contributed by atoms with Gasteiger partial charge in [0.25, 0.3) is 11.8 Å². The number of hydrazine groups is 1. The van der Waals surface area contributed by atoms with Crippen molar-refractivity contribution < 1.29 is 19.5 Å². The second-order valence-electron chi connectivity index (χ2n) is 4.94. The molecule has 1 unspecified atom stereocenters. The molecule has 8 heteroatoms. The van der Waals surface area contributed by atoms with Crippen LogP contribution in [0.2, 0.25) is 0 Å². The molecule has 1 N–H and O–H groups in total. The quantitative estimate of drug-likeness (QED) is 0.387. The Bertz CT molecular complexity index is 542. The second-order valence-corrected chi connectivity index (χ2v) is 7.55. The Kier molecular flexibility index (Phi) is 6.79. The molecule has 1 atom stereocenters. The maximum atomic E-state index is 11.8. The van der Waals surface area contributed by atoms with E-state index in [-0.39, 0.29) is 23.6 Å². The van der Waals surface area contributed by atoms with E-state index in [1.165, 1.54) is 12.2 Å². The number of amides is 2. The van der Waals surface area contributed by atoms with Crippen molar-refractivity contribution in [1.82, 2.24) is 10.0 Å². The van der Waals surface area contributed by atoms with Gasteiger partial charge in [-0.1, -0.05) is 34.1 Å². The molecule has 6 nitrogen and oxygen atoms in total. The van der Waals surface area contributed by atoms with Crippen molar-refractivity contribution >= 4 is 39.4 Å². The van der Waals surface area contributed by atoms with Gasteiger partial charge in [0, 0.05) is 30.5 Å². The lowest BCUT2D eigenvalue weighted by atomic mass is 10.2. The number of carboxylic acid groups (broad SMARTS) is 1. The first kappa shape index (κ1) is 17.7. The van der Waals surface area contributed by atoms with Crippen molar-refractivity contribution in [3.8, 4) is 0 Å². The molecule has 2 heterocycles. The molecule has 0 aromatic rings. The number of imide groups is 1. The van der Waals surface area contributed by atoms with Crippen LogP contribution in [0.25, 0.3) is 0 Å². The van der Waals surface area contributed by atoms with E-state index < -0.39 is 5.97 Å². The molecular formula is C15H18N2O4S2. The number of hydrogen-bond donors (Lipinski definition) is 1. The Hall–Kier alpha value is -1.67. The summed E-state index contributed by atoms with van der Waals surface area (Å²) in [7, 11) is 3.23. The van der Waals surface area contributed by atoms with E-state index in [9.17, 15) is 14.4 Å². The van der Waals surface area contributed by atoms with E-state index in [0.29, 0.717) is 6.42 Å². The lowest BCUT2D eigenvalue weighted by Crippen LogP contribution is -2.47. The smallest absolute Gasteiger partial charge is 0.303 e. The van der Waals surface area contributed by atoms with Crippen molar-refractivity contribution in [2.75, 3.05) is 5.75 Å². The summed E-state index contributed by atoms with van der Waals surface area (Å²) in [6, 6.07) is 0. The zero-order valence-corrected chi connectivity index (χ0v) is 14.1. The minimum Gasteiger partial charge on any atom is -0.481 e. The van der Waals surface area contributed by atoms with E-state index in [2.05, 4.69) is 0 Å². The van der Waals surface area contributed by atoms with Gasteiger partial charge in [-0.3, -0.25) is 19.4 Å². The van der Waals surface area contributed by atoms with Gasteiger partial charge in [-0.15, -0.1) is 0 Å². The zero-order chi connectivity index (χ0) is 16.7. The summed E-state index contributed by atoms with van der Waals surface area (Å²) in [6.07, 6.45) is 12.6. The molecule has 0 aliphatic carbocycles. The van der Waals surface area contributed by atoms with Gasteiger partial charge >= 0.3 is 5.97 Å². The van der Waals surface area contributed by atoms with Crippen LogP contribution < -0.4 is 0 Å². The summed E-state index contributed by atoms with van der Waals surface area (Å²) >= 11 is 0. The molecule has 0 aromatic carbocycles. The predicted molar refractivity (Wildman–Crippen MR) is 91.1 cm³/mol. The van der Waals surface area contributed by atoms with Crippen molar-refractivity contribution in [2.24, 2.45) is 0 Å². The number of rotatable bonds is 9. The van der Waals surface area contributed by atoms with Gasteiger partial charge < -0.3 is 5.11 Å². The molecule has 0 radical (unpaired) electrons. The number of allylic oxidation sites excluding steroid dienone is 2. The van der Waals surface area contributed by atoms with Crippen LogP contribution in [0.5, 0.6) is 0 Å². The third kappa shape index (κ3) is 5.18. The molecule has 2 rings (SSSR count). The summed E-state index contributed by atoms with van der Waals surface area (Å²) in [5, 5.41) is 11.2. The monoisotopic (exact) mass is 354 g/mol. The van der Waals surface area contributed by atoms with Crippen molar-refractivity contribution in [3.05, 3.63) is 36.6 Å². The summed E-state index contributed by atoms with van der Waals surface area (Å²) in [5.74, 6) is -0.527. The first-order valence-corrected chi connectivity index (χ1v) is 9.67. The first-order chi connectivity index (χ1) is 11.1. The molecular weight excluding hydrogens is 336 g/mol. The number of nitrogens with zero attached hydrogens (tertiary/aromatic N) is 2. The van der Waals surface area contributed by atoms with Gasteiger partial charge in [0.15, 0.2) is 0 Å². The molecule has 23 heavy (non-hydrogen) atoms. The standard InChI is InChI=1S/C15H18N2O4S2/c18-12-8-9-13(19)17(12)16-10-4-3-6-14(16)23-22-11-5-1-2-7-15(20)21/h3-4,6,8-10,14H,1-2,5,7,11H2,(H,20,21). The lowest BCUT2D eigenvalue weighted by molar-refractivity contribution is -0.151. The topological polar surface area (TPSA) is 77.9 Å². The number of aliphatic carboxylic acids is 1. The summed E-state index contributed by atoms with van der Waals surface area (Å²) in [5.41, 5.74) is 0. The molecule has 124 valence electrons. The third-order valence-corrected chi connectivity index (χ3v) is 5.85. The average molecular weight is 354 g/mol. The second kappa shape index (κ2) is 8.83. The Balaban J connectivity index is 1.74. The van der Waals surface area contributed by atoms with Crippen LogP contribution in [-0.4, -0.2) is 44.0 Å². The fourth-order valence-corrected chi connectivity index (χ4v) is 4.56. The van der Waals surface area contributed by atoms with Gasteiger partial charge in [-0.25, -0.2) is 0 Å². The van der Waals surface area contributed by atoms with Crippen LogP contribution in [-0.2, 0) is 14.4 Å². The Morgan fingerprint density at radius 2 is 1.87 bits per heavy atom. The highest BCUT2D eigenvalue weighted by atomic mass is 33.1. The minimum absolute atomic E-state index is 0.128. The predicted octanol–water partition coefficient (Wildman–Crippen LogP) is 2.56. The molecule has 2 aliphatic rings. The van der Waals surface area contributed by atoms with Crippen molar-refractivity contribution in [2.45, 2.75) is 31.1 Å². The average Bonchev–Trinajstić information content (AvgIpc) is 2.85. The van der Waals surface area contributed by atoms with E-state index in [1.807, 2.05) is 12.2 Å². The zero-order valence-electron chi connectivity index (χ0n) is 12.5. The molecule has 0 aromatic heterocycles. The molecule has 0 saturated heterocycles. The maximum Gasteiger partial charge on any atom is 0.303 e. The fraction of sp³-hybridized carbons (Fsp3) is 0.400. The molecule has 0 bridgehead atoms. The van der Waals surface area contributed by atoms with Gasteiger partial charge in [0.05, 0.1) is 0 Å². The van der Waals surface area contributed by atoms with Crippen LogP contribution in [0.15, 0.2) is 36.6 Å². The van der Waals surface area contributed by atoms with Crippen LogP contribution >= 0.6 is 21.6 Å². The summed E-state index contributed by atoms with van der Waals surface area (Å²) in [6.45, 7) is 0. The normalized spacial score (nSPS) is 19.9. The van der Waals surface area contributed by atoms with Gasteiger partial charge in [0.1, 0.15) is 5.37 Å². The summed E-state index contributed by atoms with van der Waals surface area (Å²) < 4.78 is 0. The molecule has 2 aliphatic heterocycles.